The zero-order chi connectivity index (χ0) is 26.5. The van der Waals surface area contributed by atoms with Gasteiger partial charge in [-0.3, -0.25) is 28.8 Å². The van der Waals surface area contributed by atoms with E-state index in [1.54, 1.807) is 24.3 Å². The van der Waals surface area contributed by atoms with Crippen molar-refractivity contribution in [1.82, 2.24) is 14.0 Å². The van der Waals surface area contributed by atoms with Gasteiger partial charge in [-0.05, 0) is 29.3 Å². The molecule has 0 aliphatic heterocycles. The number of nitro groups is 1. The molecule has 11 nitrogen and oxygen atoms in total. The first kappa shape index (κ1) is 25.2. The fourth-order valence-electron chi connectivity index (χ4n) is 4.14. The molecule has 0 saturated carbocycles. The lowest BCUT2D eigenvalue weighted by molar-refractivity contribution is -0.384. The van der Waals surface area contributed by atoms with Gasteiger partial charge in [0.2, 0.25) is 11.8 Å². The van der Waals surface area contributed by atoms with Crippen molar-refractivity contribution in [2.75, 3.05) is 13.7 Å². The molecule has 1 aromatic heterocycles. The molecule has 3 aromatic carbocycles. The molecule has 0 saturated heterocycles. The molecule has 37 heavy (non-hydrogen) atoms. The number of non-ortho nitro benzene ring substituents is 1. The van der Waals surface area contributed by atoms with Crippen LogP contribution in [-0.2, 0) is 29.2 Å². The summed E-state index contributed by atoms with van der Waals surface area (Å²) in [4.78, 5) is 50.7. The summed E-state index contributed by atoms with van der Waals surface area (Å²) >= 11 is 0. The van der Waals surface area contributed by atoms with Gasteiger partial charge in [0.1, 0.15) is 12.3 Å². The maximum atomic E-state index is 13.5. The SMILES string of the molecule is COc1cccc(Cn2c(=O)n(CC(=O)N(CC(N)=O)Cc3ccccc3)c3ccc([N+](=O)[O-])cc32)c1. The number of benzene rings is 3. The summed E-state index contributed by atoms with van der Waals surface area (Å²) in [5.74, 6) is -0.588. The van der Waals surface area contributed by atoms with Gasteiger partial charge in [0.15, 0.2) is 0 Å². The van der Waals surface area contributed by atoms with Gasteiger partial charge in [0, 0.05) is 18.7 Å². The summed E-state index contributed by atoms with van der Waals surface area (Å²) in [6.07, 6.45) is 0. The number of rotatable bonds is 10. The molecule has 190 valence electrons. The number of primary amides is 1. The first-order valence-electron chi connectivity index (χ1n) is 11.4. The molecule has 0 unspecified atom stereocenters. The maximum Gasteiger partial charge on any atom is 0.329 e. The largest absolute Gasteiger partial charge is 0.497 e. The number of imidazole rings is 1. The van der Waals surface area contributed by atoms with Crippen molar-refractivity contribution >= 4 is 28.5 Å². The molecule has 2 N–H and O–H groups in total. The number of aromatic nitrogens is 2. The third-order valence-electron chi connectivity index (χ3n) is 5.90. The minimum atomic E-state index is -0.687. The highest BCUT2D eigenvalue weighted by Gasteiger charge is 2.22. The number of fused-ring (bicyclic) bond motifs is 1. The van der Waals surface area contributed by atoms with Crippen LogP contribution in [0.15, 0.2) is 77.6 Å². The molecule has 0 fully saturated rings. The first-order valence-corrected chi connectivity index (χ1v) is 11.4. The zero-order valence-electron chi connectivity index (χ0n) is 20.1. The van der Waals surface area contributed by atoms with Crippen LogP contribution >= 0.6 is 0 Å². The predicted octanol–water partition coefficient (Wildman–Crippen LogP) is 2.28. The second kappa shape index (κ2) is 10.8. The van der Waals surface area contributed by atoms with Crippen LogP contribution in [0, 0.1) is 10.1 Å². The van der Waals surface area contributed by atoms with E-state index in [1.807, 2.05) is 30.3 Å². The maximum absolute atomic E-state index is 13.5. The zero-order valence-corrected chi connectivity index (χ0v) is 20.1. The van der Waals surface area contributed by atoms with E-state index in [0.717, 1.165) is 11.1 Å². The van der Waals surface area contributed by atoms with Crippen molar-refractivity contribution in [2.24, 2.45) is 5.73 Å². The van der Waals surface area contributed by atoms with Gasteiger partial charge >= 0.3 is 5.69 Å². The third kappa shape index (κ3) is 5.67. The molecule has 0 aliphatic rings. The van der Waals surface area contributed by atoms with Crippen molar-refractivity contribution < 1.29 is 19.2 Å². The summed E-state index contributed by atoms with van der Waals surface area (Å²) in [5.41, 5.74) is 6.85. The molecule has 0 atom stereocenters. The van der Waals surface area contributed by atoms with Crippen molar-refractivity contribution in [1.29, 1.82) is 0 Å². The number of ether oxygens (including phenoxy) is 1. The number of hydrogen-bond acceptors (Lipinski definition) is 6. The highest BCUT2D eigenvalue weighted by atomic mass is 16.6. The molecule has 0 radical (unpaired) electrons. The summed E-state index contributed by atoms with van der Waals surface area (Å²) in [7, 11) is 1.53. The van der Waals surface area contributed by atoms with Crippen LogP contribution in [0.3, 0.4) is 0 Å². The van der Waals surface area contributed by atoms with E-state index in [1.165, 1.54) is 39.3 Å². The van der Waals surface area contributed by atoms with Gasteiger partial charge in [-0.1, -0.05) is 42.5 Å². The van der Waals surface area contributed by atoms with E-state index < -0.39 is 22.4 Å². The number of nitrogens with zero attached hydrogens (tertiary/aromatic N) is 4. The van der Waals surface area contributed by atoms with Crippen molar-refractivity contribution in [3.8, 4) is 5.75 Å². The highest BCUT2D eigenvalue weighted by Crippen LogP contribution is 2.22. The number of carbonyl (C=O) groups is 2. The predicted molar refractivity (Wildman–Crippen MR) is 136 cm³/mol. The van der Waals surface area contributed by atoms with Gasteiger partial charge in [0.05, 0.1) is 36.2 Å². The number of methoxy groups -OCH3 is 1. The average Bonchev–Trinajstić information content (AvgIpc) is 3.14. The van der Waals surface area contributed by atoms with Gasteiger partial charge in [-0.2, -0.15) is 0 Å². The molecule has 0 bridgehead atoms. The Hall–Kier alpha value is -4.93. The fourth-order valence-corrected chi connectivity index (χ4v) is 4.14. The second-order valence-corrected chi connectivity index (χ2v) is 8.44. The van der Waals surface area contributed by atoms with Crippen LogP contribution in [0.25, 0.3) is 11.0 Å². The van der Waals surface area contributed by atoms with E-state index in [9.17, 15) is 24.5 Å². The first-order chi connectivity index (χ1) is 17.8. The summed E-state index contributed by atoms with van der Waals surface area (Å²) in [6.45, 7) is -0.468. The van der Waals surface area contributed by atoms with Crippen LogP contribution in [0.4, 0.5) is 5.69 Å². The lowest BCUT2D eigenvalue weighted by atomic mass is 10.2. The number of hydrogen-bond donors (Lipinski definition) is 1. The Morgan fingerprint density at radius 1 is 0.973 bits per heavy atom. The van der Waals surface area contributed by atoms with Gasteiger partial charge in [-0.15, -0.1) is 0 Å². The molecule has 4 rings (SSSR count). The van der Waals surface area contributed by atoms with E-state index >= 15 is 0 Å². The van der Waals surface area contributed by atoms with Crippen LogP contribution < -0.4 is 16.2 Å². The van der Waals surface area contributed by atoms with E-state index in [2.05, 4.69) is 0 Å². The Balaban J connectivity index is 1.74. The average molecular weight is 504 g/mol. The third-order valence-corrected chi connectivity index (χ3v) is 5.90. The van der Waals surface area contributed by atoms with Gasteiger partial charge in [-0.25, -0.2) is 4.79 Å². The minimum Gasteiger partial charge on any atom is -0.497 e. The molecule has 4 aromatic rings. The summed E-state index contributed by atoms with van der Waals surface area (Å²) in [6, 6.07) is 20.2. The Kier molecular flexibility index (Phi) is 7.33. The van der Waals surface area contributed by atoms with Crippen LogP contribution in [0.1, 0.15) is 11.1 Å². The Bertz CT molecular complexity index is 1530. The standard InChI is InChI=1S/C26H25N5O6/c1-37-21-9-5-8-19(12-21)15-29-23-13-20(31(35)36)10-11-22(23)30(26(29)34)17-25(33)28(16-24(27)32)14-18-6-3-2-4-7-18/h2-13H,14-17H2,1H3,(H2,27,32). The van der Waals surface area contributed by atoms with Gasteiger partial charge in [0.25, 0.3) is 5.69 Å². The monoisotopic (exact) mass is 503 g/mol. The van der Waals surface area contributed by atoms with E-state index in [4.69, 9.17) is 10.5 Å². The highest BCUT2D eigenvalue weighted by molar-refractivity contribution is 5.85. The number of amides is 2. The summed E-state index contributed by atoms with van der Waals surface area (Å²) in [5, 5.41) is 11.4. The molecule has 1 heterocycles. The Morgan fingerprint density at radius 2 is 1.70 bits per heavy atom. The number of carbonyl (C=O) groups excluding carboxylic acids is 2. The molecular formula is C26H25N5O6. The summed E-state index contributed by atoms with van der Waals surface area (Å²) < 4.78 is 7.88. The molecular weight excluding hydrogens is 478 g/mol. The Morgan fingerprint density at radius 3 is 2.38 bits per heavy atom. The number of nitro benzene ring substituents is 1. The molecule has 0 spiro atoms. The topological polar surface area (TPSA) is 143 Å². The smallest absolute Gasteiger partial charge is 0.329 e. The van der Waals surface area contributed by atoms with Crippen molar-refractivity contribution in [3.05, 3.63) is 105 Å². The Labute approximate surface area is 211 Å². The second-order valence-electron chi connectivity index (χ2n) is 8.44. The van der Waals surface area contributed by atoms with E-state index in [0.29, 0.717) is 16.8 Å². The van der Waals surface area contributed by atoms with Crippen LogP contribution in [0.5, 0.6) is 5.75 Å². The fraction of sp³-hybridized carbons (Fsp3) is 0.192. The van der Waals surface area contributed by atoms with E-state index in [-0.39, 0.29) is 31.9 Å². The van der Waals surface area contributed by atoms with Crippen LogP contribution in [-0.4, -0.2) is 44.4 Å². The molecule has 0 aliphatic carbocycles. The lowest BCUT2D eigenvalue weighted by Gasteiger charge is -2.21. The lowest BCUT2D eigenvalue weighted by Crippen LogP contribution is -2.41. The quantitative estimate of drug-likeness (QED) is 0.260. The minimum absolute atomic E-state index is 0.101. The molecule has 11 heteroatoms. The van der Waals surface area contributed by atoms with Crippen LogP contribution in [0.2, 0.25) is 0 Å². The van der Waals surface area contributed by atoms with Crippen molar-refractivity contribution in [3.63, 3.8) is 0 Å². The van der Waals surface area contributed by atoms with Gasteiger partial charge < -0.3 is 15.4 Å². The number of nitrogens with two attached hydrogens (primary N) is 1. The molecule has 2 amide bonds. The normalized spacial score (nSPS) is 10.8. The van der Waals surface area contributed by atoms with Crippen molar-refractivity contribution in [2.45, 2.75) is 19.6 Å².